The van der Waals surface area contributed by atoms with Crippen LogP contribution >= 0.6 is 0 Å². The van der Waals surface area contributed by atoms with E-state index in [-0.39, 0.29) is 11.8 Å². The van der Waals surface area contributed by atoms with Crippen LogP contribution < -0.4 is 15.0 Å². The number of benzene rings is 3. The molecule has 0 bridgehead atoms. The van der Waals surface area contributed by atoms with Crippen molar-refractivity contribution in [1.82, 2.24) is 0 Å². The Kier molecular flexibility index (Phi) is 7.44. The minimum absolute atomic E-state index is 0.0826. The SMILES string of the molecule is CCC(Oc1cccc(C)c1)C(=O)Nc1ccc(C(=O)N(CC)c2ccccc2)cc1. The molecule has 5 heteroatoms. The first-order valence-electron chi connectivity index (χ1n) is 10.5. The molecule has 160 valence electrons. The summed E-state index contributed by atoms with van der Waals surface area (Å²) in [5.41, 5.74) is 3.11. The molecule has 3 aromatic carbocycles. The maximum absolute atomic E-state index is 12.9. The quantitative estimate of drug-likeness (QED) is 0.531. The summed E-state index contributed by atoms with van der Waals surface area (Å²) in [6, 6.07) is 24.1. The monoisotopic (exact) mass is 416 g/mol. The number of ether oxygens (including phenoxy) is 1. The van der Waals surface area contributed by atoms with Crippen molar-refractivity contribution >= 4 is 23.2 Å². The van der Waals surface area contributed by atoms with Gasteiger partial charge in [-0.15, -0.1) is 0 Å². The fraction of sp³-hybridized carbons (Fsp3) is 0.231. The summed E-state index contributed by atoms with van der Waals surface area (Å²) in [5, 5.41) is 2.88. The highest BCUT2D eigenvalue weighted by Gasteiger charge is 2.20. The molecule has 3 aromatic rings. The molecular weight excluding hydrogens is 388 g/mol. The Morgan fingerprint density at radius 2 is 1.65 bits per heavy atom. The molecule has 0 spiro atoms. The molecule has 3 rings (SSSR count). The second-order valence-electron chi connectivity index (χ2n) is 7.28. The van der Waals surface area contributed by atoms with Gasteiger partial charge in [0, 0.05) is 23.5 Å². The van der Waals surface area contributed by atoms with Crippen molar-refractivity contribution in [1.29, 1.82) is 0 Å². The highest BCUT2D eigenvalue weighted by molar-refractivity contribution is 6.06. The van der Waals surface area contributed by atoms with Crippen LogP contribution in [0.4, 0.5) is 11.4 Å². The van der Waals surface area contributed by atoms with Crippen LogP contribution in [0, 0.1) is 6.92 Å². The van der Waals surface area contributed by atoms with Gasteiger partial charge in [0.15, 0.2) is 6.10 Å². The van der Waals surface area contributed by atoms with Crippen LogP contribution in [0.25, 0.3) is 0 Å². The van der Waals surface area contributed by atoms with Gasteiger partial charge in [0.1, 0.15) is 5.75 Å². The molecule has 1 unspecified atom stereocenters. The Morgan fingerprint density at radius 3 is 2.26 bits per heavy atom. The molecule has 0 aliphatic rings. The maximum Gasteiger partial charge on any atom is 0.265 e. The summed E-state index contributed by atoms with van der Waals surface area (Å²) < 4.78 is 5.86. The number of nitrogens with one attached hydrogen (secondary N) is 1. The molecule has 0 heterocycles. The van der Waals surface area contributed by atoms with E-state index in [2.05, 4.69) is 5.32 Å². The average Bonchev–Trinajstić information content (AvgIpc) is 2.79. The molecule has 0 aromatic heterocycles. The lowest BCUT2D eigenvalue weighted by Crippen LogP contribution is -2.32. The number of para-hydroxylation sites is 1. The first-order chi connectivity index (χ1) is 15.0. The lowest BCUT2D eigenvalue weighted by atomic mass is 10.1. The predicted octanol–water partition coefficient (Wildman–Crippen LogP) is 5.46. The Balaban J connectivity index is 1.66. The minimum atomic E-state index is -0.600. The van der Waals surface area contributed by atoms with E-state index >= 15 is 0 Å². The van der Waals surface area contributed by atoms with Crippen LogP contribution in [-0.4, -0.2) is 24.5 Å². The van der Waals surface area contributed by atoms with Gasteiger partial charge >= 0.3 is 0 Å². The van der Waals surface area contributed by atoms with Gasteiger partial charge in [-0.05, 0) is 74.4 Å². The first kappa shape index (κ1) is 22.1. The summed E-state index contributed by atoms with van der Waals surface area (Å²) in [6.07, 6.45) is -0.0597. The molecule has 1 N–H and O–H groups in total. The zero-order valence-corrected chi connectivity index (χ0v) is 18.2. The normalized spacial score (nSPS) is 11.5. The maximum atomic E-state index is 12.9. The number of nitrogens with zero attached hydrogens (tertiary/aromatic N) is 1. The van der Waals surface area contributed by atoms with Crippen molar-refractivity contribution < 1.29 is 14.3 Å². The van der Waals surface area contributed by atoms with E-state index in [0.29, 0.717) is 30.0 Å². The molecule has 0 aliphatic heterocycles. The van der Waals surface area contributed by atoms with E-state index in [4.69, 9.17) is 4.74 Å². The van der Waals surface area contributed by atoms with Crippen LogP contribution in [0.3, 0.4) is 0 Å². The minimum Gasteiger partial charge on any atom is -0.481 e. The molecule has 2 amide bonds. The van der Waals surface area contributed by atoms with Crippen molar-refractivity contribution in [3.8, 4) is 5.75 Å². The van der Waals surface area contributed by atoms with Crippen LogP contribution in [0.2, 0.25) is 0 Å². The van der Waals surface area contributed by atoms with Crippen molar-refractivity contribution in [2.45, 2.75) is 33.3 Å². The van der Waals surface area contributed by atoms with Crippen molar-refractivity contribution in [2.75, 3.05) is 16.8 Å². The molecule has 31 heavy (non-hydrogen) atoms. The van der Waals surface area contributed by atoms with E-state index in [0.717, 1.165) is 11.3 Å². The number of hydrogen-bond acceptors (Lipinski definition) is 3. The topological polar surface area (TPSA) is 58.6 Å². The van der Waals surface area contributed by atoms with Gasteiger partial charge in [-0.3, -0.25) is 9.59 Å². The summed E-state index contributed by atoms with van der Waals surface area (Å²) >= 11 is 0. The summed E-state index contributed by atoms with van der Waals surface area (Å²) in [4.78, 5) is 27.3. The van der Waals surface area contributed by atoms with Gasteiger partial charge in [-0.1, -0.05) is 37.3 Å². The summed E-state index contributed by atoms with van der Waals surface area (Å²) in [5.74, 6) is 0.367. The number of carbonyl (C=O) groups excluding carboxylic acids is 2. The van der Waals surface area contributed by atoms with E-state index < -0.39 is 6.10 Å². The molecule has 0 radical (unpaired) electrons. The third-order valence-corrected chi connectivity index (χ3v) is 4.96. The third kappa shape index (κ3) is 5.72. The number of hydrogen-bond donors (Lipinski definition) is 1. The number of amides is 2. The van der Waals surface area contributed by atoms with E-state index in [9.17, 15) is 9.59 Å². The molecule has 0 saturated heterocycles. The number of rotatable bonds is 8. The molecule has 5 nitrogen and oxygen atoms in total. The lowest BCUT2D eigenvalue weighted by Gasteiger charge is -2.21. The average molecular weight is 417 g/mol. The second-order valence-corrected chi connectivity index (χ2v) is 7.28. The smallest absolute Gasteiger partial charge is 0.265 e. The van der Waals surface area contributed by atoms with E-state index in [1.54, 1.807) is 29.2 Å². The molecule has 0 aliphatic carbocycles. The third-order valence-electron chi connectivity index (χ3n) is 4.96. The standard InChI is InChI=1S/C26H28N2O3/c1-4-24(31-23-13-9-10-19(3)18-23)25(29)27-21-16-14-20(15-17-21)26(30)28(5-2)22-11-7-6-8-12-22/h6-18,24H,4-5H2,1-3H3,(H,27,29). The first-order valence-corrected chi connectivity index (χ1v) is 10.5. The number of carbonyl (C=O) groups is 2. The summed E-state index contributed by atoms with van der Waals surface area (Å²) in [6.45, 7) is 6.40. The summed E-state index contributed by atoms with van der Waals surface area (Å²) in [7, 11) is 0. The number of aryl methyl sites for hydroxylation is 1. The predicted molar refractivity (Wildman–Crippen MR) is 125 cm³/mol. The van der Waals surface area contributed by atoms with Crippen molar-refractivity contribution in [3.05, 3.63) is 90.0 Å². The Bertz CT molecular complexity index is 1020. The Morgan fingerprint density at radius 1 is 0.935 bits per heavy atom. The van der Waals surface area contributed by atoms with E-state index in [1.807, 2.05) is 75.4 Å². The molecular formula is C26H28N2O3. The highest BCUT2D eigenvalue weighted by atomic mass is 16.5. The van der Waals surface area contributed by atoms with Crippen molar-refractivity contribution in [3.63, 3.8) is 0 Å². The molecule has 0 saturated carbocycles. The van der Waals surface area contributed by atoms with Gasteiger partial charge in [0.2, 0.25) is 0 Å². The molecule has 1 atom stereocenters. The highest BCUT2D eigenvalue weighted by Crippen LogP contribution is 2.19. The Hall–Kier alpha value is -3.60. The van der Waals surface area contributed by atoms with Gasteiger partial charge in [0.05, 0.1) is 0 Å². The lowest BCUT2D eigenvalue weighted by molar-refractivity contribution is -0.122. The Labute approximate surface area is 183 Å². The zero-order chi connectivity index (χ0) is 22.2. The van der Waals surface area contributed by atoms with Gasteiger partial charge < -0.3 is 15.0 Å². The van der Waals surface area contributed by atoms with Crippen LogP contribution in [-0.2, 0) is 4.79 Å². The molecule has 0 fully saturated rings. The van der Waals surface area contributed by atoms with Crippen LogP contribution in [0.15, 0.2) is 78.9 Å². The zero-order valence-electron chi connectivity index (χ0n) is 18.2. The second kappa shape index (κ2) is 10.4. The number of anilines is 2. The van der Waals surface area contributed by atoms with Gasteiger partial charge in [0.25, 0.3) is 11.8 Å². The van der Waals surface area contributed by atoms with Crippen LogP contribution in [0.5, 0.6) is 5.75 Å². The van der Waals surface area contributed by atoms with Gasteiger partial charge in [-0.2, -0.15) is 0 Å². The fourth-order valence-electron chi connectivity index (χ4n) is 3.30. The largest absolute Gasteiger partial charge is 0.481 e. The van der Waals surface area contributed by atoms with E-state index in [1.165, 1.54) is 0 Å². The van der Waals surface area contributed by atoms with Crippen molar-refractivity contribution in [2.24, 2.45) is 0 Å². The van der Waals surface area contributed by atoms with Gasteiger partial charge in [-0.25, -0.2) is 0 Å². The van der Waals surface area contributed by atoms with Crippen LogP contribution in [0.1, 0.15) is 36.2 Å². The fourth-order valence-corrected chi connectivity index (χ4v) is 3.30.